The summed E-state index contributed by atoms with van der Waals surface area (Å²) >= 11 is 0. The van der Waals surface area contributed by atoms with Gasteiger partial charge in [-0.2, -0.15) is 5.10 Å². The second-order valence-corrected chi connectivity index (χ2v) is 5.08. The first kappa shape index (κ1) is 12.1. The standard InChI is InChI=1S/C15H18N4/c1-11-6-15(18-17-9-11)19-10-13-5-3-2-4-12(13)7-14(19)8-16/h2-6,9,14H,7-8,10,16H2,1H3. The highest BCUT2D eigenvalue weighted by Crippen LogP contribution is 2.26. The number of hydrogen-bond acceptors (Lipinski definition) is 4. The van der Waals surface area contributed by atoms with Crippen molar-refractivity contribution >= 4 is 5.82 Å². The first-order valence-electron chi connectivity index (χ1n) is 6.61. The predicted molar refractivity (Wildman–Crippen MR) is 75.9 cm³/mol. The number of nitrogens with two attached hydrogens (primary N) is 1. The molecule has 1 aromatic heterocycles. The van der Waals surface area contributed by atoms with E-state index in [0.29, 0.717) is 12.6 Å². The lowest BCUT2D eigenvalue weighted by Gasteiger charge is -2.37. The molecule has 0 saturated heterocycles. The Morgan fingerprint density at radius 2 is 2.11 bits per heavy atom. The number of aryl methyl sites for hydroxylation is 1. The molecule has 1 aliphatic heterocycles. The maximum absolute atomic E-state index is 5.94. The molecule has 0 spiro atoms. The molecule has 2 heterocycles. The van der Waals surface area contributed by atoms with Gasteiger partial charge in [0.1, 0.15) is 0 Å². The number of benzene rings is 1. The normalized spacial score (nSPS) is 18.2. The summed E-state index contributed by atoms with van der Waals surface area (Å²) in [5.74, 6) is 0.921. The molecular formula is C15H18N4. The summed E-state index contributed by atoms with van der Waals surface area (Å²) in [5.41, 5.74) is 9.82. The third kappa shape index (κ3) is 2.31. The first-order valence-corrected chi connectivity index (χ1v) is 6.61. The SMILES string of the molecule is Cc1cnnc(N2Cc3ccccc3CC2CN)c1. The highest BCUT2D eigenvalue weighted by molar-refractivity contribution is 5.46. The number of rotatable bonds is 2. The molecule has 0 fully saturated rings. The molecule has 0 amide bonds. The van der Waals surface area contributed by atoms with E-state index in [4.69, 9.17) is 5.73 Å². The molecule has 4 nitrogen and oxygen atoms in total. The molecule has 1 unspecified atom stereocenters. The van der Waals surface area contributed by atoms with Gasteiger partial charge in [0, 0.05) is 19.1 Å². The minimum Gasteiger partial charge on any atom is -0.346 e. The second-order valence-electron chi connectivity index (χ2n) is 5.08. The van der Waals surface area contributed by atoms with Gasteiger partial charge in [-0.25, -0.2) is 0 Å². The van der Waals surface area contributed by atoms with Crippen LogP contribution in [-0.2, 0) is 13.0 Å². The molecule has 2 aromatic rings. The molecule has 19 heavy (non-hydrogen) atoms. The Morgan fingerprint density at radius 1 is 1.32 bits per heavy atom. The van der Waals surface area contributed by atoms with Crippen molar-refractivity contribution in [2.24, 2.45) is 5.73 Å². The van der Waals surface area contributed by atoms with Gasteiger partial charge >= 0.3 is 0 Å². The van der Waals surface area contributed by atoms with Crippen LogP contribution in [0.2, 0.25) is 0 Å². The minimum absolute atomic E-state index is 0.297. The fourth-order valence-electron chi connectivity index (χ4n) is 2.66. The van der Waals surface area contributed by atoms with Crippen molar-refractivity contribution < 1.29 is 0 Å². The number of hydrogen-bond donors (Lipinski definition) is 1. The van der Waals surface area contributed by atoms with Crippen molar-refractivity contribution in [3.63, 3.8) is 0 Å². The van der Waals surface area contributed by atoms with Crippen LogP contribution in [0.25, 0.3) is 0 Å². The molecule has 0 radical (unpaired) electrons. The maximum Gasteiger partial charge on any atom is 0.152 e. The van der Waals surface area contributed by atoms with Crippen LogP contribution < -0.4 is 10.6 Å². The second kappa shape index (κ2) is 4.97. The third-order valence-electron chi connectivity index (χ3n) is 3.70. The fraction of sp³-hybridized carbons (Fsp3) is 0.333. The van der Waals surface area contributed by atoms with Crippen LogP contribution in [0.3, 0.4) is 0 Å². The summed E-state index contributed by atoms with van der Waals surface area (Å²) in [7, 11) is 0. The lowest BCUT2D eigenvalue weighted by atomic mass is 9.94. The average Bonchev–Trinajstić information content (AvgIpc) is 2.46. The van der Waals surface area contributed by atoms with Crippen molar-refractivity contribution in [3.8, 4) is 0 Å². The van der Waals surface area contributed by atoms with Crippen molar-refractivity contribution in [2.45, 2.75) is 25.9 Å². The largest absolute Gasteiger partial charge is 0.346 e. The summed E-state index contributed by atoms with van der Waals surface area (Å²) in [6, 6.07) is 10.9. The smallest absolute Gasteiger partial charge is 0.152 e. The van der Waals surface area contributed by atoms with Gasteiger partial charge < -0.3 is 10.6 Å². The van der Waals surface area contributed by atoms with E-state index in [9.17, 15) is 0 Å². The van der Waals surface area contributed by atoms with E-state index in [0.717, 1.165) is 24.3 Å². The van der Waals surface area contributed by atoms with Crippen LogP contribution in [0.4, 0.5) is 5.82 Å². The highest BCUT2D eigenvalue weighted by Gasteiger charge is 2.26. The third-order valence-corrected chi connectivity index (χ3v) is 3.70. The zero-order valence-corrected chi connectivity index (χ0v) is 11.1. The molecular weight excluding hydrogens is 236 g/mol. The number of nitrogens with zero attached hydrogens (tertiary/aromatic N) is 3. The van der Waals surface area contributed by atoms with E-state index in [1.54, 1.807) is 6.20 Å². The van der Waals surface area contributed by atoms with Crippen molar-refractivity contribution in [2.75, 3.05) is 11.4 Å². The summed E-state index contributed by atoms with van der Waals surface area (Å²) < 4.78 is 0. The molecule has 0 aliphatic carbocycles. The molecule has 0 bridgehead atoms. The van der Waals surface area contributed by atoms with Crippen LogP contribution in [0.5, 0.6) is 0 Å². The van der Waals surface area contributed by atoms with Crippen molar-refractivity contribution in [1.82, 2.24) is 10.2 Å². The Bertz CT molecular complexity index is 582. The highest BCUT2D eigenvalue weighted by atomic mass is 15.3. The van der Waals surface area contributed by atoms with Crippen molar-refractivity contribution in [3.05, 3.63) is 53.2 Å². The van der Waals surface area contributed by atoms with Gasteiger partial charge in [-0.15, -0.1) is 5.10 Å². The fourth-order valence-corrected chi connectivity index (χ4v) is 2.66. The lowest BCUT2D eigenvalue weighted by Crippen LogP contribution is -2.45. The predicted octanol–water partition coefficient (Wildman–Crippen LogP) is 1.68. The molecule has 2 N–H and O–H groups in total. The van der Waals surface area contributed by atoms with Crippen molar-refractivity contribution in [1.29, 1.82) is 0 Å². The van der Waals surface area contributed by atoms with E-state index < -0.39 is 0 Å². The van der Waals surface area contributed by atoms with Crippen LogP contribution in [0, 0.1) is 6.92 Å². The van der Waals surface area contributed by atoms with Gasteiger partial charge in [0.25, 0.3) is 0 Å². The quantitative estimate of drug-likeness (QED) is 0.886. The first-order chi connectivity index (χ1) is 9.28. The zero-order chi connectivity index (χ0) is 13.2. The van der Waals surface area contributed by atoms with E-state index in [1.807, 2.05) is 6.92 Å². The van der Waals surface area contributed by atoms with Gasteiger partial charge in [0.05, 0.1) is 6.20 Å². The van der Waals surface area contributed by atoms with E-state index in [2.05, 4.69) is 45.4 Å². The molecule has 3 rings (SSSR count). The van der Waals surface area contributed by atoms with Gasteiger partial charge in [-0.05, 0) is 36.1 Å². The Kier molecular flexibility index (Phi) is 3.17. The number of anilines is 1. The van der Waals surface area contributed by atoms with Gasteiger partial charge in [-0.3, -0.25) is 0 Å². The molecule has 4 heteroatoms. The van der Waals surface area contributed by atoms with E-state index >= 15 is 0 Å². The molecule has 0 saturated carbocycles. The monoisotopic (exact) mass is 254 g/mol. The Balaban J connectivity index is 1.97. The Labute approximate surface area is 113 Å². The molecule has 1 aliphatic rings. The zero-order valence-electron chi connectivity index (χ0n) is 11.1. The Hall–Kier alpha value is -1.94. The molecule has 1 aromatic carbocycles. The average molecular weight is 254 g/mol. The van der Waals surface area contributed by atoms with Gasteiger partial charge in [0.2, 0.25) is 0 Å². The molecule has 1 atom stereocenters. The van der Waals surface area contributed by atoms with Crippen LogP contribution in [0.1, 0.15) is 16.7 Å². The number of fused-ring (bicyclic) bond motifs is 1. The summed E-state index contributed by atoms with van der Waals surface area (Å²) in [5, 5.41) is 8.31. The summed E-state index contributed by atoms with van der Waals surface area (Å²) in [6.07, 6.45) is 2.75. The van der Waals surface area contributed by atoms with E-state index in [-0.39, 0.29) is 0 Å². The maximum atomic E-state index is 5.94. The summed E-state index contributed by atoms with van der Waals surface area (Å²) in [6.45, 7) is 3.52. The van der Waals surface area contributed by atoms with Gasteiger partial charge in [-0.1, -0.05) is 24.3 Å². The van der Waals surface area contributed by atoms with Crippen LogP contribution >= 0.6 is 0 Å². The lowest BCUT2D eigenvalue weighted by molar-refractivity contribution is 0.553. The minimum atomic E-state index is 0.297. The Morgan fingerprint density at radius 3 is 2.84 bits per heavy atom. The number of aromatic nitrogens is 2. The van der Waals surface area contributed by atoms with Gasteiger partial charge in [0.15, 0.2) is 5.82 Å². The van der Waals surface area contributed by atoms with Crippen LogP contribution in [0.15, 0.2) is 36.5 Å². The van der Waals surface area contributed by atoms with E-state index in [1.165, 1.54) is 11.1 Å². The molecule has 98 valence electrons. The topological polar surface area (TPSA) is 55.0 Å². The summed E-state index contributed by atoms with van der Waals surface area (Å²) in [4.78, 5) is 2.27. The van der Waals surface area contributed by atoms with Crippen LogP contribution in [-0.4, -0.2) is 22.8 Å².